The fraction of sp³-hybridized carbons (Fsp3) is 0.647. The minimum atomic E-state index is -0.298. The zero-order chi connectivity index (χ0) is 14.6. The topological polar surface area (TPSA) is 38.5 Å². The number of nitrogens with zero attached hydrogens (tertiary/aromatic N) is 1. The molecule has 2 unspecified atom stereocenters. The van der Waals surface area contributed by atoms with Gasteiger partial charge in [0.15, 0.2) is 0 Å². The highest BCUT2D eigenvalue weighted by atomic mass is 16.5. The van der Waals surface area contributed by atoms with E-state index in [0.717, 1.165) is 18.6 Å². The number of ether oxygens (including phenoxy) is 1. The Balaban J connectivity index is 2.31. The van der Waals surface area contributed by atoms with Crippen LogP contribution in [0.2, 0.25) is 0 Å². The summed E-state index contributed by atoms with van der Waals surface area (Å²) in [6.07, 6.45) is 4.68. The van der Waals surface area contributed by atoms with Crippen molar-refractivity contribution in [1.29, 1.82) is 0 Å². The monoisotopic (exact) mass is 276 g/mol. The van der Waals surface area contributed by atoms with Gasteiger partial charge in [-0.2, -0.15) is 0 Å². The third-order valence-corrected chi connectivity index (χ3v) is 4.70. The standard InChI is InChI=1S/C17H28N2O/c1-4-10-17(18,14(2)19-11-5-6-12-19)15-8-7-9-16(13-15)20-3/h7-9,13-14H,4-6,10-12,18H2,1-3H3. The molecule has 3 nitrogen and oxygen atoms in total. The zero-order valence-electron chi connectivity index (χ0n) is 13.1. The molecule has 1 aliphatic rings. The maximum Gasteiger partial charge on any atom is 0.119 e. The smallest absolute Gasteiger partial charge is 0.119 e. The van der Waals surface area contributed by atoms with E-state index in [0.29, 0.717) is 6.04 Å². The summed E-state index contributed by atoms with van der Waals surface area (Å²) in [5, 5.41) is 0. The number of rotatable bonds is 6. The molecule has 1 aromatic carbocycles. The molecule has 0 amide bonds. The molecule has 0 aromatic heterocycles. The minimum absolute atomic E-state index is 0.298. The fourth-order valence-electron chi connectivity index (χ4n) is 3.38. The Bertz CT molecular complexity index is 429. The molecule has 1 fully saturated rings. The van der Waals surface area contributed by atoms with Crippen LogP contribution in [0.1, 0.15) is 45.1 Å². The lowest BCUT2D eigenvalue weighted by Crippen LogP contribution is -2.54. The van der Waals surface area contributed by atoms with Gasteiger partial charge in [0.1, 0.15) is 5.75 Å². The molecular weight excluding hydrogens is 248 g/mol. The van der Waals surface area contributed by atoms with E-state index in [9.17, 15) is 0 Å². The second-order valence-corrected chi connectivity index (χ2v) is 5.94. The van der Waals surface area contributed by atoms with Crippen molar-refractivity contribution in [2.45, 2.75) is 51.1 Å². The van der Waals surface area contributed by atoms with Crippen LogP contribution in [0.5, 0.6) is 5.75 Å². The molecule has 2 rings (SSSR count). The van der Waals surface area contributed by atoms with Crippen molar-refractivity contribution in [3.8, 4) is 5.75 Å². The fourth-order valence-corrected chi connectivity index (χ4v) is 3.38. The van der Waals surface area contributed by atoms with Crippen LogP contribution in [0.4, 0.5) is 0 Å². The van der Waals surface area contributed by atoms with Gasteiger partial charge in [0.25, 0.3) is 0 Å². The Labute approximate surface area is 123 Å². The molecule has 1 aromatic rings. The first kappa shape index (κ1) is 15.3. The van der Waals surface area contributed by atoms with Crippen molar-refractivity contribution < 1.29 is 4.74 Å². The number of likely N-dealkylation sites (tertiary alicyclic amines) is 1. The Morgan fingerprint density at radius 3 is 2.65 bits per heavy atom. The third-order valence-electron chi connectivity index (χ3n) is 4.70. The molecule has 3 heteroatoms. The lowest BCUT2D eigenvalue weighted by atomic mass is 9.80. The van der Waals surface area contributed by atoms with Crippen molar-refractivity contribution in [3.05, 3.63) is 29.8 Å². The summed E-state index contributed by atoms with van der Waals surface area (Å²) in [7, 11) is 1.71. The minimum Gasteiger partial charge on any atom is -0.497 e. The van der Waals surface area contributed by atoms with Crippen LogP contribution in [-0.4, -0.2) is 31.1 Å². The predicted octanol–water partition coefficient (Wildman–Crippen LogP) is 3.13. The van der Waals surface area contributed by atoms with Crippen molar-refractivity contribution in [2.75, 3.05) is 20.2 Å². The number of methoxy groups -OCH3 is 1. The van der Waals surface area contributed by atoms with E-state index >= 15 is 0 Å². The van der Waals surface area contributed by atoms with E-state index in [4.69, 9.17) is 10.5 Å². The molecule has 0 spiro atoms. The van der Waals surface area contributed by atoms with Crippen LogP contribution in [0.3, 0.4) is 0 Å². The van der Waals surface area contributed by atoms with Gasteiger partial charge in [-0.25, -0.2) is 0 Å². The van der Waals surface area contributed by atoms with Gasteiger partial charge >= 0.3 is 0 Å². The maximum atomic E-state index is 6.88. The summed E-state index contributed by atoms with van der Waals surface area (Å²) in [5.74, 6) is 0.891. The molecule has 20 heavy (non-hydrogen) atoms. The number of benzene rings is 1. The summed E-state index contributed by atoms with van der Waals surface area (Å²) >= 11 is 0. The molecule has 2 atom stereocenters. The van der Waals surface area contributed by atoms with Crippen molar-refractivity contribution >= 4 is 0 Å². The van der Waals surface area contributed by atoms with E-state index in [1.807, 2.05) is 12.1 Å². The van der Waals surface area contributed by atoms with Gasteiger partial charge in [0.2, 0.25) is 0 Å². The van der Waals surface area contributed by atoms with Crippen LogP contribution in [0.25, 0.3) is 0 Å². The van der Waals surface area contributed by atoms with Gasteiger partial charge < -0.3 is 10.5 Å². The van der Waals surface area contributed by atoms with Gasteiger partial charge in [0.05, 0.1) is 12.6 Å². The largest absolute Gasteiger partial charge is 0.497 e. The van der Waals surface area contributed by atoms with E-state index in [1.165, 1.54) is 31.5 Å². The number of hydrogen-bond donors (Lipinski definition) is 1. The summed E-state index contributed by atoms with van der Waals surface area (Å²) in [4.78, 5) is 2.54. The van der Waals surface area contributed by atoms with Gasteiger partial charge in [-0.15, -0.1) is 0 Å². The first-order valence-corrected chi connectivity index (χ1v) is 7.79. The molecule has 0 aliphatic carbocycles. The highest BCUT2D eigenvalue weighted by molar-refractivity contribution is 5.34. The molecule has 1 saturated heterocycles. The Morgan fingerprint density at radius 2 is 2.05 bits per heavy atom. The summed E-state index contributed by atoms with van der Waals surface area (Å²) in [6, 6.07) is 8.63. The van der Waals surface area contributed by atoms with Crippen LogP contribution in [0.15, 0.2) is 24.3 Å². The molecule has 0 radical (unpaired) electrons. The quantitative estimate of drug-likeness (QED) is 0.867. The normalized spacial score (nSPS) is 20.6. The summed E-state index contributed by atoms with van der Waals surface area (Å²) in [5.41, 5.74) is 7.77. The van der Waals surface area contributed by atoms with Gasteiger partial charge in [-0.3, -0.25) is 4.90 Å². The third kappa shape index (κ3) is 2.99. The Hall–Kier alpha value is -1.06. The van der Waals surface area contributed by atoms with E-state index in [1.54, 1.807) is 7.11 Å². The second-order valence-electron chi connectivity index (χ2n) is 5.94. The van der Waals surface area contributed by atoms with Crippen molar-refractivity contribution in [2.24, 2.45) is 5.73 Å². The molecule has 0 saturated carbocycles. The highest BCUT2D eigenvalue weighted by Gasteiger charge is 2.37. The molecule has 112 valence electrons. The maximum absolute atomic E-state index is 6.88. The van der Waals surface area contributed by atoms with E-state index < -0.39 is 0 Å². The highest BCUT2D eigenvalue weighted by Crippen LogP contribution is 2.33. The van der Waals surface area contributed by atoms with E-state index in [2.05, 4.69) is 30.9 Å². The van der Waals surface area contributed by atoms with Gasteiger partial charge in [0, 0.05) is 6.04 Å². The molecule has 1 aliphatic heterocycles. The average Bonchev–Trinajstić information content (AvgIpc) is 3.00. The summed E-state index contributed by atoms with van der Waals surface area (Å²) in [6.45, 7) is 6.83. The Kier molecular flexibility index (Phi) is 5.06. The zero-order valence-corrected chi connectivity index (χ0v) is 13.1. The molecule has 2 N–H and O–H groups in total. The molecular formula is C17H28N2O. The van der Waals surface area contributed by atoms with Gasteiger partial charge in [-0.1, -0.05) is 25.5 Å². The number of nitrogens with two attached hydrogens (primary N) is 1. The van der Waals surface area contributed by atoms with Crippen molar-refractivity contribution in [3.63, 3.8) is 0 Å². The van der Waals surface area contributed by atoms with Gasteiger partial charge in [-0.05, 0) is 57.0 Å². The van der Waals surface area contributed by atoms with E-state index in [-0.39, 0.29) is 5.54 Å². The van der Waals surface area contributed by atoms with Crippen LogP contribution >= 0.6 is 0 Å². The first-order valence-electron chi connectivity index (χ1n) is 7.79. The lowest BCUT2D eigenvalue weighted by molar-refractivity contribution is 0.151. The van der Waals surface area contributed by atoms with Crippen molar-refractivity contribution in [1.82, 2.24) is 4.90 Å². The second kappa shape index (κ2) is 6.59. The SMILES string of the molecule is CCCC(N)(c1cccc(OC)c1)C(C)N1CCCC1. The molecule has 1 heterocycles. The van der Waals surface area contributed by atoms with Crippen LogP contribution < -0.4 is 10.5 Å². The number of hydrogen-bond acceptors (Lipinski definition) is 3. The average molecular weight is 276 g/mol. The lowest BCUT2D eigenvalue weighted by Gasteiger charge is -2.41. The predicted molar refractivity (Wildman–Crippen MR) is 84.0 cm³/mol. The summed E-state index contributed by atoms with van der Waals surface area (Å²) < 4.78 is 5.36. The van der Waals surface area contributed by atoms with Crippen LogP contribution in [0, 0.1) is 0 Å². The Morgan fingerprint density at radius 1 is 1.35 bits per heavy atom. The first-order chi connectivity index (χ1) is 9.61. The molecule has 0 bridgehead atoms. The van der Waals surface area contributed by atoms with Crippen LogP contribution in [-0.2, 0) is 5.54 Å².